The van der Waals surface area contributed by atoms with Crippen molar-refractivity contribution < 1.29 is 18.7 Å². The highest BCUT2D eigenvalue weighted by atomic mass is 16.5. The molecule has 1 aromatic carbocycles. The maximum Gasteiger partial charge on any atom is 0.234 e. The van der Waals surface area contributed by atoms with Crippen LogP contribution in [0.2, 0.25) is 0 Å². The number of carbonyl (C=O) groups excluding carboxylic acids is 2. The van der Waals surface area contributed by atoms with Gasteiger partial charge in [-0.3, -0.25) is 14.5 Å². The Morgan fingerprint density at radius 1 is 1.14 bits per heavy atom. The predicted octanol–water partition coefficient (Wildman–Crippen LogP) is 1.50. The molecule has 0 aliphatic carbocycles. The van der Waals surface area contributed by atoms with E-state index in [0.717, 1.165) is 16.5 Å². The summed E-state index contributed by atoms with van der Waals surface area (Å²) < 4.78 is 10.6. The van der Waals surface area contributed by atoms with Gasteiger partial charge in [-0.25, -0.2) is 0 Å². The molecule has 0 atom stereocenters. The first-order valence-electron chi connectivity index (χ1n) is 9.71. The first-order chi connectivity index (χ1) is 13.5. The van der Waals surface area contributed by atoms with Gasteiger partial charge in [0.25, 0.3) is 0 Å². The van der Waals surface area contributed by atoms with Gasteiger partial charge in [-0.1, -0.05) is 0 Å². The van der Waals surface area contributed by atoms with Crippen LogP contribution in [-0.4, -0.2) is 74.6 Å². The number of hydrogen-bond donors (Lipinski definition) is 1. The van der Waals surface area contributed by atoms with Gasteiger partial charge in [-0.15, -0.1) is 0 Å². The average Bonchev–Trinajstić information content (AvgIpc) is 3.04. The molecule has 1 N–H and O–H groups in total. The Morgan fingerprint density at radius 2 is 1.86 bits per heavy atom. The summed E-state index contributed by atoms with van der Waals surface area (Å²) in [5.74, 6) is 0.0949. The third kappa shape index (κ3) is 4.91. The van der Waals surface area contributed by atoms with Crippen LogP contribution < -0.4 is 5.32 Å². The topological polar surface area (TPSA) is 75.0 Å². The summed E-state index contributed by atoms with van der Waals surface area (Å²) >= 11 is 0. The maximum absolute atomic E-state index is 12.7. The van der Waals surface area contributed by atoms with Crippen LogP contribution in [-0.2, 0) is 20.7 Å². The second-order valence-corrected chi connectivity index (χ2v) is 7.37. The second-order valence-electron chi connectivity index (χ2n) is 7.37. The van der Waals surface area contributed by atoms with E-state index in [1.54, 1.807) is 13.4 Å². The maximum atomic E-state index is 12.7. The fourth-order valence-corrected chi connectivity index (χ4v) is 3.45. The van der Waals surface area contributed by atoms with E-state index >= 15 is 0 Å². The van der Waals surface area contributed by atoms with Gasteiger partial charge < -0.3 is 19.4 Å². The number of methoxy groups -OCH3 is 1. The second kappa shape index (κ2) is 9.21. The molecule has 0 spiro atoms. The van der Waals surface area contributed by atoms with E-state index in [2.05, 4.69) is 30.1 Å². The Balaban J connectivity index is 1.50. The Hall–Kier alpha value is -2.38. The number of carbonyl (C=O) groups is 2. The third-order valence-electron chi connectivity index (χ3n) is 5.33. The lowest BCUT2D eigenvalue weighted by molar-refractivity contribution is -0.132. The van der Waals surface area contributed by atoms with Gasteiger partial charge in [-0.2, -0.15) is 0 Å². The number of rotatable bonds is 7. The van der Waals surface area contributed by atoms with Gasteiger partial charge >= 0.3 is 0 Å². The fourth-order valence-electron chi connectivity index (χ4n) is 3.45. The highest BCUT2D eigenvalue weighted by Gasteiger charge is 2.23. The van der Waals surface area contributed by atoms with Gasteiger partial charge in [0.2, 0.25) is 11.8 Å². The molecule has 1 aromatic heterocycles. The molecule has 0 bridgehead atoms. The Kier molecular flexibility index (Phi) is 6.70. The standard InChI is InChI=1S/C21H29N3O4/c1-15-10-18-17(14-28-19(18)11-16(15)2)12-21(26)24-7-5-23(6-8-24)13-20(25)22-4-9-27-3/h10-11,14H,4-9,12-13H2,1-3H3,(H,22,25). The molecule has 1 aliphatic rings. The summed E-state index contributed by atoms with van der Waals surface area (Å²) in [6, 6.07) is 4.12. The molecular weight excluding hydrogens is 358 g/mol. The number of ether oxygens (including phenoxy) is 1. The largest absolute Gasteiger partial charge is 0.464 e. The van der Waals surface area contributed by atoms with Gasteiger partial charge in [0.15, 0.2) is 0 Å². The van der Waals surface area contributed by atoms with Crippen LogP contribution in [0.5, 0.6) is 0 Å². The van der Waals surface area contributed by atoms with Crippen LogP contribution >= 0.6 is 0 Å². The molecule has 7 nitrogen and oxygen atoms in total. The molecule has 1 saturated heterocycles. The summed E-state index contributed by atoms with van der Waals surface area (Å²) in [5, 5.41) is 3.84. The SMILES string of the molecule is COCCNC(=O)CN1CCN(C(=O)Cc2coc3cc(C)c(C)cc23)CC1. The lowest BCUT2D eigenvalue weighted by atomic mass is 10.0. The van der Waals surface area contributed by atoms with Crippen molar-refractivity contribution in [3.05, 3.63) is 35.1 Å². The number of aryl methyl sites for hydroxylation is 2. The average molecular weight is 387 g/mol. The van der Waals surface area contributed by atoms with Crippen molar-refractivity contribution in [3.63, 3.8) is 0 Å². The van der Waals surface area contributed by atoms with E-state index in [-0.39, 0.29) is 11.8 Å². The van der Waals surface area contributed by atoms with E-state index in [1.807, 2.05) is 11.0 Å². The number of fused-ring (bicyclic) bond motifs is 1. The molecule has 0 radical (unpaired) electrons. The zero-order chi connectivity index (χ0) is 20.1. The van der Waals surface area contributed by atoms with E-state index in [4.69, 9.17) is 9.15 Å². The molecular formula is C21H29N3O4. The fraction of sp³-hybridized carbons (Fsp3) is 0.524. The molecule has 2 heterocycles. The normalized spacial score (nSPS) is 15.2. The number of furan rings is 1. The van der Waals surface area contributed by atoms with Crippen LogP contribution in [0.4, 0.5) is 0 Å². The summed E-state index contributed by atoms with van der Waals surface area (Å²) in [4.78, 5) is 28.6. The van der Waals surface area contributed by atoms with Crippen molar-refractivity contribution in [1.82, 2.24) is 15.1 Å². The highest BCUT2D eigenvalue weighted by molar-refractivity contribution is 5.88. The number of nitrogens with one attached hydrogen (secondary N) is 1. The zero-order valence-corrected chi connectivity index (χ0v) is 16.9. The van der Waals surface area contributed by atoms with Crippen LogP contribution in [0.25, 0.3) is 11.0 Å². The van der Waals surface area contributed by atoms with E-state index in [9.17, 15) is 9.59 Å². The third-order valence-corrected chi connectivity index (χ3v) is 5.33. The Bertz CT molecular complexity index is 838. The number of piperazine rings is 1. The molecule has 1 fully saturated rings. The van der Waals surface area contributed by atoms with Crippen molar-refractivity contribution in [2.75, 3.05) is 53.0 Å². The minimum atomic E-state index is -0.00708. The lowest BCUT2D eigenvalue weighted by Gasteiger charge is -2.34. The van der Waals surface area contributed by atoms with Crippen LogP contribution in [0.1, 0.15) is 16.7 Å². The summed E-state index contributed by atoms with van der Waals surface area (Å²) in [7, 11) is 1.61. The van der Waals surface area contributed by atoms with Gasteiger partial charge in [0.1, 0.15) is 5.58 Å². The molecule has 0 unspecified atom stereocenters. The first kappa shape index (κ1) is 20.4. The quantitative estimate of drug-likeness (QED) is 0.729. The van der Waals surface area contributed by atoms with Crippen molar-refractivity contribution in [3.8, 4) is 0 Å². The molecule has 152 valence electrons. The van der Waals surface area contributed by atoms with E-state index < -0.39 is 0 Å². The smallest absolute Gasteiger partial charge is 0.234 e. The number of nitrogens with zero attached hydrogens (tertiary/aromatic N) is 2. The minimum absolute atomic E-state index is 0.00708. The summed E-state index contributed by atoms with van der Waals surface area (Å²) in [6.45, 7) is 8.19. The van der Waals surface area contributed by atoms with Crippen molar-refractivity contribution >= 4 is 22.8 Å². The number of benzene rings is 1. The zero-order valence-electron chi connectivity index (χ0n) is 16.9. The van der Waals surface area contributed by atoms with Crippen molar-refractivity contribution in [2.45, 2.75) is 20.3 Å². The highest BCUT2D eigenvalue weighted by Crippen LogP contribution is 2.25. The van der Waals surface area contributed by atoms with Gasteiger partial charge in [-0.05, 0) is 37.1 Å². The van der Waals surface area contributed by atoms with Gasteiger partial charge in [0, 0.05) is 50.8 Å². The number of hydrogen-bond acceptors (Lipinski definition) is 5. The van der Waals surface area contributed by atoms with Crippen molar-refractivity contribution in [1.29, 1.82) is 0 Å². The summed E-state index contributed by atoms with van der Waals surface area (Å²) in [5.41, 5.74) is 4.14. The molecule has 2 aromatic rings. The molecule has 3 rings (SSSR count). The predicted molar refractivity (Wildman–Crippen MR) is 107 cm³/mol. The molecule has 2 amide bonds. The molecule has 1 aliphatic heterocycles. The Morgan fingerprint density at radius 3 is 2.57 bits per heavy atom. The minimum Gasteiger partial charge on any atom is -0.464 e. The van der Waals surface area contributed by atoms with Crippen LogP contribution in [0, 0.1) is 13.8 Å². The van der Waals surface area contributed by atoms with Crippen LogP contribution in [0.3, 0.4) is 0 Å². The first-order valence-corrected chi connectivity index (χ1v) is 9.71. The number of amides is 2. The van der Waals surface area contributed by atoms with Crippen LogP contribution in [0.15, 0.2) is 22.8 Å². The monoisotopic (exact) mass is 387 g/mol. The lowest BCUT2D eigenvalue weighted by Crippen LogP contribution is -2.51. The molecule has 7 heteroatoms. The van der Waals surface area contributed by atoms with Crippen molar-refractivity contribution in [2.24, 2.45) is 0 Å². The Labute approximate surface area is 165 Å². The summed E-state index contributed by atoms with van der Waals surface area (Å²) in [6.07, 6.45) is 2.04. The molecule has 28 heavy (non-hydrogen) atoms. The van der Waals surface area contributed by atoms with E-state index in [0.29, 0.717) is 52.3 Å². The van der Waals surface area contributed by atoms with Gasteiger partial charge in [0.05, 0.1) is 25.8 Å². The van der Waals surface area contributed by atoms with E-state index in [1.165, 1.54) is 11.1 Å². The molecule has 0 saturated carbocycles.